The highest BCUT2D eigenvalue weighted by Crippen LogP contribution is 2.24. The Morgan fingerprint density at radius 3 is 2.57 bits per heavy atom. The normalized spacial score (nSPS) is 14.1. The number of benzene rings is 1. The van der Waals surface area contributed by atoms with Crippen LogP contribution in [0.1, 0.15) is 11.7 Å². The topological polar surface area (TPSA) is 35.2 Å². The van der Waals surface area contributed by atoms with E-state index in [1.165, 1.54) is 7.11 Å². The molecule has 0 saturated heterocycles. The van der Waals surface area contributed by atoms with E-state index in [2.05, 4.69) is 0 Å². The predicted octanol–water partition coefficient (Wildman–Crippen LogP) is 2.19. The first-order valence-electron chi connectivity index (χ1n) is 4.40. The lowest BCUT2D eigenvalue weighted by Crippen LogP contribution is -2.13. The van der Waals surface area contributed by atoms with Gasteiger partial charge in [0, 0.05) is 19.2 Å². The Kier molecular flexibility index (Phi) is 4.29. The van der Waals surface area contributed by atoms with Crippen LogP contribution < -0.4 is 5.73 Å². The molecule has 0 heterocycles. The fraction of sp³-hybridized carbons (Fsp3) is 0.273. The first-order chi connectivity index (χ1) is 6.83. The van der Waals surface area contributed by atoms with Gasteiger partial charge >= 0.3 is 0 Å². The summed E-state index contributed by atoms with van der Waals surface area (Å²) in [6.45, 7) is 0.157. The van der Waals surface area contributed by atoms with Crippen molar-refractivity contribution in [2.45, 2.75) is 6.10 Å². The minimum Gasteiger partial charge on any atom is -0.372 e. The molecule has 0 amide bonds. The Labute approximate surface area is 83.2 Å². The molecule has 0 aliphatic carbocycles. The van der Waals surface area contributed by atoms with Crippen molar-refractivity contribution in [3.63, 3.8) is 0 Å². The van der Waals surface area contributed by atoms with Crippen LogP contribution in [0, 0.1) is 0 Å². The Hall–Kier alpha value is -1.19. The van der Waals surface area contributed by atoms with Crippen LogP contribution in [0.5, 0.6) is 0 Å². The molecule has 0 aromatic heterocycles. The van der Waals surface area contributed by atoms with Crippen LogP contribution in [-0.4, -0.2) is 13.7 Å². The van der Waals surface area contributed by atoms with Crippen molar-refractivity contribution >= 4 is 0 Å². The molecule has 0 saturated carbocycles. The SMILES string of the molecule is COC(/C(=C/F)CN)c1ccccc1. The number of ether oxygens (including phenoxy) is 1. The van der Waals surface area contributed by atoms with Crippen molar-refractivity contribution in [1.29, 1.82) is 0 Å². The van der Waals surface area contributed by atoms with Gasteiger partial charge in [-0.2, -0.15) is 0 Å². The molecule has 1 unspecified atom stereocenters. The molecule has 0 radical (unpaired) electrons. The maximum absolute atomic E-state index is 12.5. The summed E-state index contributed by atoms with van der Waals surface area (Å²) in [5.74, 6) is 0. The summed E-state index contributed by atoms with van der Waals surface area (Å²) >= 11 is 0. The van der Waals surface area contributed by atoms with Gasteiger partial charge in [-0.1, -0.05) is 30.3 Å². The van der Waals surface area contributed by atoms with Crippen LogP contribution in [0.15, 0.2) is 42.2 Å². The van der Waals surface area contributed by atoms with Gasteiger partial charge in [0.2, 0.25) is 0 Å². The van der Waals surface area contributed by atoms with Gasteiger partial charge in [0.25, 0.3) is 0 Å². The molecule has 0 bridgehead atoms. The summed E-state index contributed by atoms with van der Waals surface area (Å²) in [6.07, 6.45) is 0.132. The van der Waals surface area contributed by atoms with E-state index in [1.54, 1.807) is 0 Å². The number of hydrogen-bond donors (Lipinski definition) is 1. The minimum atomic E-state index is -0.383. The molecule has 1 aromatic rings. The first-order valence-corrected chi connectivity index (χ1v) is 4.40. The van der Waals surface area contributed by atoms with Crippen LogP contribution in [-0.2, 0) is 4.74 Å². The van der Waals surface area contributed by atoms with Gasteiger partial charge in [-0.3, -0.25) is 0 Å². The van der Waals surface area contributed by atoms with Gasteiger partial charge < -0.3 is 10.5 Å². The minimum absolute atomic E-state index is 0.157. The highest BCUT2D eigenvalue weighted by atomic mass is 19.1. The van der Waals surface area contributed by atoms with Crippen molar-refractivity contribution in [2.75, 3.05) is 13.7 Å². The van der Waals surface area contributed by atoms with E-state index in [4.69, 9.17) is 10.5 Å². The maximum atomic E-state index is 12.5. The second-order valence-electron chi connectivity index (χ2n) is 2.91. The van der Waals surface area contributed by atoms with E-state index in [0.717, 1.165) is 5.56 Å². The number of methoxy groups -OCH3 is 1. The summed E-state index contributed by atoms with van der Waals surface area (Å²) < 4.78 is 17.7. The summed E-state index contributed by atoms with van der Waals surface area (Å²) in [7, 11) is 1.54. The molecular weight excluding hydrogens is 181 g/mol. The molecule has 3 heteroatoms. The molecule has 2 nitrogen and oxygen atoms in total. The van der Waals surface area contributed by atoms with Gasteiger partial charge in [0.1, 0.15) is 6.10 Å². The van der Waals surface area contributed by atoms with E-state index in [-0.39, 0.29) is 12.6 Å². The lowest BCUT2D eigenvalue weighted by Gasteiger charge is -2.17. The average Bonchev–Trinajstić information content (AvgIpc) is 2.27. The van der Waals surface area contributed by atoms with Gasteiger partial charge in [-0.05, 0) is 5.56 Å². The fourth-order valence-corrected chi connectivity index (χ4v) is 1.34. The zero-order valence-corrected chi connectivity index (χ0v) is 8.11. The number of halogens is 1. The third kappa shape index (κ3) is 2.40. The Balaban J connectivity index is 2.93. The second kappa shape index (κ2) is 5.52. The summed E-state index contributed by atoms with van der Waals surface area (Å²) in [5.41, 5.74) is 6.76. The Morgan fingerprint density at radius 1 is 1.50 bits per heavy atom. The van der Waals surface area contributed by atoms with Crippen LogP contribution in [0.2, 0.25) is 0 Å². The highest BCUT2D eigenvalue weighted by molar-refractivity contribution is 5.26. The van der Waals surface area contributed by atoms with Gasteiger partial charge in [-0.15, -0.1) is 0 Å². The molecular formula is C11H14FNO. The van der Waals surface area contributed by atoms with E-state index in [0.29, 0.717) is 11.9 Å². The number of rotatable bonds is 4. The van der Waals surface area contributed by atoms with Crippen molar-refractivity contribution < 1.29 is 9.13 Å². The largest absolute Gasteiger partial charge is 0.372 e. The van der Waals surface area contributed by atoms with Gasteiger partial charge in [-0.25, -0.2) is 4.39 Å². The van der Waals surface area contributed by atoms with E-state index in [9.17, 15) is 4.39 Å². The smallest absolute Gasteiger partial charge is 0.107 e. The summed E-state index contributed by atoms with van der Waals surface area (Å²) in [5, 5.41) is 0. The average molecular weight is 195 g/mol. The molecule has 2 N–H and O–H groups in total. The summed E-state index contributed by atoms with van der Waals surface area (Å²) in [4.78, 5) is 0. The van der Waals surface area contributed by atoms with Crippen LogP contribution in [0.25, 0.3) is 0 Å². The number of hydrogen-bond acceptors (Lipinski definition) is 2. The third-order valence-corrected chi connectivity index (χ3v) is 2.05. The molecule has 0 aliphatic rings. The Bertz CT molecular complexity index is 297. The van der Waals surface area contributed by atoms with E-state index >= 15 is 0 Å². The van der Waals surface area contributed by atoms with Crippen molar-refractivity contribution in [2.24, 2.45) is 5.73 Å². The zero-order valence-electron chi connectivity index (χ0n) is 8.11. The lowest BCUT2D eigenvalue weighted by molar-refractivity contribution is 0.130. The maximum Gasteiger partial charge on any atom is 0.107 e. The van der Waals surface area contributed by atoms with Gasteiger partial charge in [0.15, 0.2) is 0 Å². The molecule has 0 aliphatic heterocycles. The summed E-state index contributed by atoms with van der Waals surface area (Å²) in [6, 6.07) is 9.43. The second-order valence-corrected chi connectivity index (χ2v) is 2.91. The monoisotopic (exact) mass is 195 g/mol. The van der Waals surface area contributed by atoms with E-state index in [1.807, 2.05) is 30.3 Å². The molecule has 76 valence electrons. The molecule has 1 rings (SSSR count). The fourth-order valence-electron chi connectivity index (χ4n) is 1.34. The Morgan fingerprint density at radius 2 is 2.14 bits per heavy atom. The standard InChI is InChI=1S/C11H14FNO/c1-14-11(10(7-12)8-13)9-5-3-2-4-6-9/h2-7,11H,8,13H2,1H3/b10-7+. The van der Waals surface area contributed by atoms with E-state index < -0.39 is 0 Å². The van der Waals surface area contributed by atoms with Crippen LogP contribution >= 0.6 is 0 Å². The van der Waals surface area contributed by atoms with Gasteiger partial charge in [0.05, 0.1) is 6.33 Å². The molecule has 14 heavy (non-hydrogen) atoms. The third-order valence-electron chi connectivity index (χ3n) is 2.05. The van der Waals surface area contributed by atoms with Crippen LogP contribution in [0.4, 0.5) is 4.39 Å². The first kappa shape index (κ1) is 10.9. The van der Waals surface area contributed by atoms with Crippen molar-refractivity contribution in [3.8, 4) is 0 Å². The molecule has 1 aromatic carbocycles. The highest BCUT2D eigenvalue weighted by Gasteiger charge is 2.14. The number of nitrogens with two attached hydrogens (primary N) is 1. The lowest BCUT2D eigenvalue weighted by atomic mass is 10.0. The predicted molar refractivity (Wildman–Crippen MR) is 54.4 cm³/mol. The molecule has 1 atom stereocenters. The molecule has 0 fully saturated rings. The van der Waals surface area contributed by atoms with Crippen LogP contribution in [0.3, 0.4) is 0 Å². The molecule has 0 spiro atoms. The quantitative estimate of drug-likeness (QED) is 0.799. The van der Waals surface area contributed by atoms with Crippen molar-refractivity contribution in [1.82, 2.24) is 0 Å². The van der Waals surface area contributed by atoms with Crippen molar-refractivity contribution in [3.05, 3.63) is 47.8 Å². The zero-order chi connectivity index (χ0) is 10.4.